The summed E-state index contributed by atoms with van der Waals surface area (Å²) in [6, 6.07) is 13.1. The molecule has 0 aliphatic carbocycles. The Balaban J connectivity index is 2.23. The van der Waals surface area contributed by atoms with Crippen molar-refractivity contribution in [1.29, 1.82) is 0 Å². The first-order valence-corrected chi connectivity index (χ1v) is 6.23. The molecule has 0 unspecified atom stereocenters. The van der Waals surface area contributed by atoms with Gasteiger partial charge in [-0.25, -0.2) is 0 Å². The van der Waals surface area contributed by atoms with E-state index in [0.29, 0.717) is 22.2 Å². The number of hydrogen-bond donors (Lipinski definition) is 1. The van der Waals surface area contributed by atoms with Crippen LogP contribution in [0.15, 0.2) is 42.5 Å². The fourth-order valence-corrected chi connectivity index (χ4v) is 1.81. The van der Waals surface area contributed by atoms with Crippen molar-refractivity contribution in [2.45, 2.75) is 6.92 Å². The van der Waals surface area contributed by atoms with E-state index >= 15 is 0 Å². The molecule has 0 spiro atoms. The van der Waals surface area contributed by atoms with Gasteiger partial charge in [0.15, 0.2) is 11.5 Å². The van der Waals surface area contributed by atoms with Crippen molar-refractivity contribution in [2.75, 3.05) is 7.11 Å². The maximum atomic E-state index is 5.78. The fraction of sp³-hybridized carbons (Fsp3) is 0.133. The molecule has 2 N–H and O–H groups in total. The molecule has 4 heteroatoms. The standard InChI is InChI=1S/C15H15NO2S/c1-10-3-8-13(14(9-10)17-2)18-12-6-4-11(5-7-12)15(16)19/h3-9H,1-2H3,(H2,16,19). The average Bonchev–Trinajstić information content (AvgIpc) is 2.41. The number of benzene rings is 2. The van der Waals surface area contributed by atoms with Crippen LogP contribution >= 0.6 is 12.2 Å². The molecular weight excluding hydrogens is 258 g/mol. The van der Waals surface area contributed by atoms with Crippen LogP contribution in [0.4, 0.5) is 0 Å². The van der Waals surface area contributed by atoms with Crippen LogP contribution in [0.2, 0.25) is 0 Å². The fourth-order valence-electron chi connectivity index (χ4n) is 1.67. The highest BCUT2D eigenvalue weighted by Gasteiger charge is 2.06. The van der Waals surface area contributed by atoms with E-state index in [1.165, 1.54) is 0 Å². The minimum Gasteiger partial charge on any atom is -0.493 e. The first kappa shape index (κ1) is 13.4. The second-order valence-electron chi connectivity index (χ2n) is 4.15. The minimum absolute atomic E-state index is 0.375. The third kappa shape index (κ3) is 3.23. The van der Waals surface area contributed by atoms with Crippen LogP contribution < -0.4 is 15.2 Å². The van der Waals surface area contributed by atoms with Crippen molar-refractivity contribution in [3.8, 4) is 17.2 Å². The first-order valence-electron chi connectivity index (χ1n) is 5.82. The van der Waals surface area contributed by atoms with Gasteiger partial charge in [-0.3, -0.25) is 0 Å². The van der Waals surface area contributed by atoms with Crippen LogP contribution in [-0.4, -0.2) is 12.1 Å². The van der Waals surface area contributed by atoms with Crippen LogP contribution in [0.5, 0.6) is 17.2 Å². The van der Waals surface area contributed by atoms with E-state index in [0.717, 1.165) is 11.1 Å². The molecule has 2 aromatic carbocycles. The zero-order valence-electron chi connectivity index (χ0n) is 10.8. The molecule has 0 heterocycles. The van der Waals surface area contributed by atoms with Crippen molar-refractivity contribution >= 4 is 17.2 Å². The molecule has 0 saturated heterocycles. The lowest BCUT2D eigenvalue weighted by molar-refractivity contribution is 0.378. The van der Waals surface area contributed by atoms with E-state index in [1.54, 1.807) is 7.11 Å². The summed E-state index contributed by atoms with van der Waals surface area (Å²) in [5, 5.41) is 0. The van der Waals surface area contributed by atoms with Crippen molar-refractivity contribution in [3.05, 3.63) is 53.6 Å². The van der Waals surface area contributed by atoms with E-state index < -0.39 is 0 Å². The summed E-state index contributed by atoms with van der Waals surface area (Å²) in [4.78, 5) is 0.375. The van der Waals surface area contributed by atoms with Gasteiger partial charge in [-0.05, 0) is 48.9 Å². The second-order valence-corrected chi connectivity index (χ2v) is 4.58. The minimum atomic E-state index is 0.375. The van der Waals surface area contributed by atoms with Gasteiger partial charge >= 0.3 is 0 Å². The van der Waals surface area contributed by atoms with Gasteiger partial charge in [0.05, 0.1) is 7.11 Å². The van der Waals surface area contributed by atoms with Crippen molar-refractivity contribution < 1.29 is 9.47 Å². The molecule has 0 aliphatic heterocycles. The number of hydrogen-bond acceptors (Lipinski definition) is 3. The number of aryl methyl sites for hydroxylation is 1. The van der Waals surface area contributed by atoms with E-state index in [4.69, 9.17) is 27.4 Å². The summed E-state index contributed by atoms with van der Waals surface area (Å²) < 4.78 is 11.1. The summed E-state index contributed by atoms with van der Waals surface area (Å²) in [5.41, 5.74) is 7.49. The highest BCUT2D eigenvalue weighted by atomic mass is 32.1. The van der Waals surface area contributed by atoms with Crippen LogP contribution in [0.1, 0.15) is 11.1 Å². The predicted octanol–water partition coefficient (Wildman–Crippen LogP) is 3.43. The molecule has 3 nitrogen and oxygen atoms in total. The number of ether oxygens (including phenoxy) is 2. The van der Waals surface area contributed by atoms with Gasteiger partial charge in [-0.1, -0.05) is 18.3 Å². The molecule has 0 bridgehead atoms. The topological polar surface area (TPSA) is 44.5 Å². The van der Waals surface area contributed by atoms with Crippen LogP contribution in [0, 0.1) is 6.92 Å². The molecular formula is C15H15NO2S. The lowest BCUT2D eigenvalue weighted by Crippen LogP contribution is -2.08. The quantitative estimate of drug-likeness (QED) is 0.867. The van der Waals surface area contributed by atoms with Crippen molar-refractivity contribution in [2.24, 2.45) is 5.73 Å². The van der Waals surface area contributed by atoms with Gasteiger partial charge in [0.1, 0.15) is 10.7 Å². The number of rotatable bonds is 4. The largest absolute Gasteiger partial charge is 0.493 e. The van der Waals surface area contributed by atoms with Crippen molar-refractivity contribution in [1.82, 2.24) is 0 Å². The molecule has 0 aliphatic rings. The normalized spacial score (nSPS) is 10.0. The highest BCUT2D eigenvalue weighted by molar-refractivity contribution is 7.80. The number of thiocarbonyl (C=S) groups is 1. The van der Waals surface area contributed by atoms with Gasteiger partial charge in [0, 0.05) is 5.56 Å². The Kier molecular flexibility index (Phi) is 4.02. The Hall–Kier alpha value is -2.07. The summed E-state index contributed by atoms with van der Waals surface area (Å²) in [6.07, 6.45) is 0. The number of methoxy groups -OCH3 is 1. The summed E-state index contributed by atoms with van der Waals surface area (Å²) in [5.74, 6) is 2.09. The molecule has 0 amide bonds. The maximum Gasteiger partial charge on any atom is 0.169 e. The third-order valence-corrected chi connectivity index (χ3v) is 2.92. The summed E-state index contributed by atoms with van der Waals surface area (Å²) in [7, 11) is 1.62. The van der Waals surface area contributed by atoms with Crippen LogP contribution in [0.3, 0.4) is 0 Å². The third-order valence-electron chi connectivity index (χ3n) is 2.69. The van der Waals surface area contributed by atoms with Gasteiger partial charge < -0.3 is 15.2 Å². The zero-order chi connectivity index (χ0) is 13.8. The maximum absolute atomic E-state index is 5.78. The monoisotopic (exact) mass is 273 g/mol. The van der Waals surface area contributed by atoms with Gasteiger partial charge in [0.25, 0.3) is 0 Å². The van der Waals surface area contributed by atoms with E-state index in [-0.39, 0.29) is 0 Å². The summed E-state index contributed by atoms with van der Waals surface area (Å²) in [6.45, 7) is 2.00. The molecule has 98 valence electrons. The molecule has 0 saturated carbocycles. The molecule has 0 fully saturated rings. The Labute approximate surface area is 118 Å². The molecule has 2 aromatic rings. The van der Waals surface area contributed by atoms with Gasteiger partial charge in [-0.2, -0.15) is 0 Å². The molecule has 0 aromatic heterocycles. The Morgan fingerprint density at radius 3 is 2.32 bits per heavy atom. The van der Waals surface area contributed by atoms with Gasteiger partial charge in [0.2, 0.25) is 0 Å². The Morgan fingerprint density at radius 2 is 1.74 bits per heavy atom. The average molecular weight is 273 g/mol. The Morgan fingerprint density at radius 1 is 1.05 bits per heavy atom. The molecule has 0 atom stereocenters. The first-order chi connectivity index (χ1) is 9.10. The Bertz CT molecular complexity index is 594. The smallest absolute Gasteiger partial charge is 0.169 e. The highest BCUT2D eigenvalue weighted by Crippen LogP contribution is 2.32. The molecule has 2 rings (SSSR count). The van der Waals surface area contributed by atoms with E-state index in [2.05, 4.69) is 0 Å². The van der Waals surface area contributed by atoms with Gasteiger partial charge in [-0.15, -0.1) is 0 Å². The van der Waals surface area contributed by atoms with Crippen LogP contribution in [0.25, 0.3) is 0 Å². The lowest BCUT2D eigenvalue weighted by Gasteiger charge is -2.11. The van der Waals surface area contributed by atoms with E-state index in [9.17, 15) is 0 Å². The predicted molar refractivity (Wildman–Crippen MR) is 80.1 cm³/mol. The number of nitrogens with two attached hydrogens (primary N) is 1. The van der Waals surface area contributed by atoms with E-state index in [1.807, 2.05) is 49.4 Å². The molecule has 19 heavy (non-hydrogen) atoms. The molecule has 0 radical (unpaired) electrons. The second kappa shape index (κ2) is 5.71. The van der Waals surface area contributed by atoms with Crippen LogP contribution in [-0.2, 0) is 0 Å². The van der Waals surface area contributed by atoms with Crippen molar-refractivity contribution in [3.63, 3.8) is 0 Å². The lowest BCUT2D eigenvalue weighted by atomic mass is 10.2. The SMILES string of the molecule is COc1cc(C)ccc1Oc1ccc(C(N)=S)cc1. The zero-order valence-corrected chi connectivity index (χ0v) is 11.7. The summed E-state index contributed by atoms with van der Waals surface area (Å²) >= 11 is 4.91.